The molecule has 1 aliphatic heterocycles. The summed E-state index contributed by atoms with van der Waals surface area (Å²) >= 11 is 0. The number of carboxylic acids is 1. The average molecular weight is 513 g/mol. The molecule has 0 aliphatic carbocycles. The molecule has 11 nitrogen and oxygen atoms in total. The van der Waals surface area contributed by atoms with E-state index < -0.39 is 40.3 Å². The highest BCUT2D eigenvalue weighted by atomic mass is 32.2. The van der Waals surface area contributed by atoms with Crippen molar-refractivity contribution in [2.75, 3.05) is 0 Å². The Morgan fingerprint density at radius 3 is 2.44 bits per heavy atom. The maximum atomic E-state index is 13.1. The minimum Gasteiger partial charge on any atom is -0.480 e. The topological polar surface area (TPSA) is 168 Å². The van der Waals surface area contributed by atoms with E-state index in [1.165, 1.54) is 17.0 Å². The molecule has 36 heavy (non-hydrogen) atoms. The molecule has 188 valence electrons. The van der Waals surface area contributed by atoms with Gasteiger partial charge in [0, 0.05) is 11.6 Å². The second kappa shape index (κ2) is 8.82. The van der Waals surface area contributed by atoms with Crippen LogP contribution in [-0.4, -0.2) is 65.8 Å². The molecule has 0 bridgehead atoms. The molecule has 0 spiro atoms. The third kappa shape index (κ3) is 3.97. The van der Waals surface area contributed by atoms with Crippen LogP contribution in [-0.2, 0) is 27.7 Å². The van der Waals surface area contributed by atoms with E-state index >= 15 is 0 Å². The molecule has 4 N–H and O–H groups in total. The van der Waals surface area contributed by atoms with Crippen molar-refractivity contribution in [1.29, 1.82) is 0 Å². The van der Waals surface area contributed by atoms with Gasteiger partial charge in [-0.1, -0.05) is 23.8 Å². The largest absolute Gasteiger partial charge is 0.480 e. The summed E-state index contributed by atoms with van der Waals surface area (Å²) < 4.78 is 28.3. The SMILES string of the molecule is Cc1ccc(S(=O)(=O)n2ncc3cc(CCc4cn5c(n4)[C@H](O)[C@@H](O)[C@H](O)[C@H]5C(=O)O)ccc32)cc1. The fourth-order valence-electron chi connectivity index (χ4n) is 4.47. The first-order valence-corrected chi connectivity index (χ1v) is 12.7. The first kappa shape index (κ1) is 24.1. The molecule has 1 aliphatic rings. The van der Waals surface area contributed by atoms with Crippen molar-refractivity contribution in [2.45, 2.75) is 49.0 Å². The molecule has 5 rings (SSSR count). The number of nitrogens with zero attached hydrogens (tertiary/aromatic N) is 4. The first-order valence-electron chi connectivity index (χ1n) is 11.2. The van der Waals surface area contributed by atoms with Gasteiger partial charge in [-0.2, -0.15) is 17.6 Å². The number of carbonyl (C=O) groups is 1. The van der Waals surface area contributed by atoms with Gasteiger partial charge in [0.1, 0.15) is 24.1 Å². The molecule has 0 saturated carbocycles. The predicted molar refractivity (Wildman–Crippen MR) is 127 cm³/mol. The molecule has 4 aromatic rings. The van der Waals surface area contributed by atoms with E-state index in [-0.39, 0.29) is 10.7 Å². The molecular weight excluding hydrogens is 488 g/mol. The van der Waals surface area contributed by atoms with Crippen molar-refractivity contribution in [3.8, 4) is 0 Å². The fraction of sp³-hybridized carbons (Fsp3) is 0.292. The van der Waals surface area contributed by atoms with E-state index in [1.54, 1.807) is 36.4 Å². The zero-order valence-electron chi connectivity index (χ0n) is 19.1. The second-order valence-corrected chi connectivity index (χ2v) is 10.7. The lowest BCUT2D eigenvalue weighted by Gasteiger charge is -2.33. The zero-order valence-corrected chi connectivity index (χ0v) is 19.9. The molecule has 0 saturated heterocycles. The lowest BCUT2D eigenvalue weighted by atomic mass is 9.96. The summed E-state index contributed by atoms with van der Waals surface area (Å²) in [6.45, 7) is 1.87. The van der Waals surface area contributed by atoms with Gasteiger partial charge < -0.3 is 25.0 Å². The van der Waals surface area contributed by atoms with E-state index in [9.17, 15) is 33.6 Å². The third-order valence-electron chi connectivity index (χ3n) is 6.44. The Morgan fingerprint density at radius 1 is 1.03 bits per heavy atom. The van der Waals surface area contributed by atoms with Crippen LogP contribution in [0.4, 0.5) is 0 Å². The van der Waals surface area contributed by atoms with Crippen molar-refractivity contribution < 1.29 is 33.6 Å². The third-order valence-corrected chi connectivity index (χ3v) is 8.06. The quantitative estimate of drug-likeness (QED) is 0.294. The number of imidazole rings is 1. The lowest BCUT2D eigenvalue weighted by Crippen LogP contribution is -2.47. The molecule has 2 aromatic heterocycles. The van der Waals surface area contributed by atoms with Crippen molar-refractivity contribution in [3.63, 3.8) is 0 Å². The van der Waals surface area contributed by atoms with Crippen LogP contribution in [0.25, 0.3) is 10.9 Å². The molecule has 0 amide bonds. The van der Waals surface area contributed by atoms with E-state index in [4.69, 9.17) is 0 Å². The first-order chi connectivity index (χ1) is 17.1. The highest BCUT2D eigenvalue weighted by Crippen LogP contribution is 2.33. The predicted octanol–water partition coefficient (Wildman–Crippen LogP) is 0.958. The molecule has 2 aromatic carbocycles. The van der Waals surface area contributed by atoms with Crippen molar-refractivity contribution in [3.05, 3.63) is 77.5 Å². The van der Waals surface area contributed by atoms with E-state index in [2.05, 4.69) is 10.1 Å². The number of aliphatic hydroxyl groups excluding tert-OH is 3. The van der Waals surface area contributed by atoms with Crippen molar-refractivity contribution in [1.82, 2.24) is 18.7 Å². The van der Waals surface area contributed by atoms with Crippen LogP contribution < -0.4 is 0 Å². The summed E-state index contributed by atoms with van der Waals surface area (Å²) in [5, 5.41) is 44.5. The van der Waals surface area contributed by atoms with Gasteiger partial charge in [0.2, 0.25) is 0 Å². The maximum Gasteiger partial charge on any atom is 0.329 e. The number of aromatic nitrogens is 4. The monoisotopic (exact) mass is 512 g/mol. The molecular formula is C24H24N4O7S. The minimum absolute atomic E-state index is 0.0201. The smallest absolute Gasteiger partial charge is 0.329 e. The Bertz CT molecular complexity index is 1560. The normalized spacial score (nSPS) is 22.0. The van der Waals surface area contributed by atoms with Crippen LogP contribution in [0.15, 0.2) is 59.8 Å². The van der Waals surface area contributed by atoms with Gasteiger partial charge in [0.15, 0.2) is 6.04 Å². The van der Waals surface area contributed by atoms with Crippen LogP contribution >= 0.6 is 0 Å². The fourth-order valence-corrected chi connectivity index (χ4v) is 5.74. The van der Waals surface area contributed by atoms with Crippen LogP contribution in [0.3, 0.4) is 0 Å². The number of aliphatic carboxylic acids is 1. The highest BCUT2D eigenvalue weighted by Gasteiger charge is 2.45. The Labute approximate surface area is 205 Å². The summed E-state index contributed by atoms with van der Waals surface area (Å²) in [5.41, 5.74) is 2.74. The molecule has 3 heterocycles. The number of carboxylic acid groups (broad SMARTS) is 1. The minimum atomic E-state index is -3.86. The Morgan fingerprint density at radius 2 is 1.75 bits per heavy atom. The summed E-state index contributed by atoms with van der Waals surface area (Å²) in [7, 11) is -3.86. The number of fused-ring (bicyclic) bond motifs is 2. The number of hydrogen-bond donors (Lipinski definition) is 4. The van der Waals surface area contributed by atoms with E-state index in [0.717, 1.165) is 15.2 Å². The number of benzene rings is 2. The van der Waals surface area contributed by atoms with Gasteiger partial charge in [0.05, 0.1) is 22.3 Å². The van der Waals surface area contributed by atoms with Crippen LogP contribution in [0.1, 0.15) is 34.8 Å². The molecule has 0 radical (unpaired) electrons. The van der Waals surface area contributed by atoms with Gasteiger partial charge in [-0.3, -0.25) is 0 Å². The Balaban J connectivity index is 1.38. The maximum absolute atomic E-state index is 13.1. The van der Waals surface area contributed by atoms with Gasteiger partial charge in [-0.25, -0.2) is 9.78 Å². The Kier molecular flexibility index (Phi) is 5.91. The van der Waals surface area contributed by atoms with Crippen LogP contribution in [0.5, 0.6) is 0 Å². The molecule has 12 heteroatoms. The number of hydrogen-bond acceptors (Lipinski definition) is 8. The summed E-state index contributed by atoms with van der Waals surface area (Å²) in [6, 6.07) is 10.4. The Hall–Kier alpha value is -3.58. The zero-order chi connectivity index (χ0) is 25.8. The van der Waals surface area contributed by atoms with Gasteiger partial charge in [-0.05, 0) is 49.6 Å². The van der Waals surface area contributed by atoms with Crippen LogP contribution in [0.2, 0.25) is 0 Å². The second-order valence-electron chi connectivity index (χ2n) is 8.91. The highest BCUT2D eigenvalue weighted by molar-refractivity contribution is 7.90. The van der Waals surface area contributed by atoms with E-state index in [1.807, 2.05) is 13.0 Å². The van der Waals surface area contributed by atoms with Crippen LogP contribution in [0, 0.1) is 6.92 Å². The van der Waals surface area contributed by atoms with Gasteiger partial charge >= 0.3 is 5.97 Å². The molecule has 0 unspecified atom stereocenters. The number of rotatable bonds is 6. The van der Waals surface area contributed by atoms with E-state index in [0.29, 0.717) is 29.4 Å². The van der Waals surface area contributed by atoms with Crippen molar-refractivity contribution >= 4 is 26.9 Å². The number of aryl methyl sites for hydroxylation is 3. The van der Waals surface area contributed by atoms with Gasteiger partial charge in [-0.15, -0.1) is 0 Å². The standard InChI is InChI=1S/C24H24N4O7S/c1-13-2-7-17(8-3-13)36(34,35)28-18-9-5-14(10-15(18)11-25-28)4-6-16-12-27-19(24(32)33)20(29)21(30)22(31)23(27)26-16/h2-3,5,7-12,19-22,29-31H,4,6H2,1H3,(H,32,33)/t19-,20+,21-,22+/m0/s1. The van der Waals surface area contributed by atoms with Crippen molar-refractivity contribution in [2.24, 2.45) is 0 Å². The lowest BCUT2D eigenvalue weighted by molar-refractivity contribution is -0.156. The number of aliphatic hydroxyl groups is 3. The average Bonchev–Trinajstić information content (AvgIpc) is 3.46. The molecule has 0 fully saturated rings. The summed E-state index contributed by atoms with van der Waals surface area (Å²) in [4.78, 5) is 16.0. The van der Waals surface area contributed by atoms with Gasteiger partial charge in [0.25, 0.3) is 10.0 Å². The molecule has 4 atom stereocenters. The summed E-state index contributed by atoms with van der Waals surface area (Å²) in [6.07, 6.45) is -1.05. The summed E-state index contributed by atoms with van der Waals surface area (Å²) in [5.74, 6) is -1.37.